The zero-order chi connectivity index (χ0) is 22.4. The van der Waals surface area contributed by atoms with Gasteiger partial charge in [0.25, 0.3) is 11.5 Å². The van der Waals surface area contributed by atoms with E-state index in [1.54, 1.807) is 21.6 Å². The van der Waals surface area contributed by atoms with Gasteiger partial charge in [-0.1, -0.05) is 49.8 Å². The number of amides is 1. The number of carbonyl (C=O) groups is 1. The molecule has 0 bridgehead atoms. The van der Waals surface area contributed by atoms with Crippen molar-refractivity contribution in [2.24, 2.45) is 5.92 Å². The SMILES string of the molecule is Cc1cccn2c(=O)c(/C=C3/SC(=S)N(C4CCCC4)C3=O)c(N3CCC(C)CC3)nc12. The quantitative estimate of drug-likeness (QED) is 0.492. The molecule has 2 aromatic rings. The molecule has 0 atom stereocenters. The zero-order valence-corrected chi connectivity index (χ0v) is 20.2. The molecule has 168 valence electrons. The molecule has 6 nitrogen and oxygen atoms in total. The summed E-state index contributed by atoms with van der Waals surface area (Å²) in [4.78, 5) is 36.3. The topological polar surface area (TPSA) is 57.9 Å². The summed E-state index contributed by atoms with van der Waals surface area (Å²) in [5, 5.41) is 0. The third-order valence-electron chi connectivity index (χ3n) is 6.94. The highest BCUT2D eigenvalue weighted by molar-refractivity contribution is 8.26. The molecule has 1 aliphatic carbocycles. The van der Waals surface area contributed by atoms with Crippen LogP contribution in [0.2, 0.25) is 0 Å². The minimum Gasteiger partial charge on any atom is -0.356 e. The van der Waals surface area contributed by atoms with Gasteiger partial charge in [0.15, 0.2) is 0 Å². The minimum atomic E-state index is -0.140. The molecule has 0 spiro atoms. The fourth-order valence-electron chi connectivity index (χ4n) is 4.98. The number of pyridine rings is 1. The van der Waals surface area contributed by atoms with Crippen LogP contribution in [0, 0.1) is 12.8 Å². The molecule has 3 aliphatic rings. The number of hydrogen-bond acceptors (Lipinski definition) is 6. The van der Waals surface area contributed by atoms with Crippen molar-refractivity contribution in [3.05, 3.63) is 44.7 Å². The number of hydrogen-bond donors (Lipinski definition) is 0. The minimum absolute atomic E-state index is 0.0705. The Hall–Kier alpha value is -2.19. The average Bonchev–Trinajstić information content (AvgIpc) is 3.39. The third-order valence-corrected chi connectivity index (χ3v) is 8.27. The molecule has 8 heteroatoms. The van der Waals surface area contributed by atoms with E-state index in [1.807, 2.05) is 19.1 Å². The summed E-state index contributed by atoms with van der Waals surface area (Å²) in [6.45, 7) is 5.95. The van der Waals surface area contributed by atoms with Crippen molar-refractivity contribution in [2.75, 3.05) is 18.0 Å². The Morgan fingerprint density at radius 2 is 1.88 bits per heavy atom. The summed E-state index contributed by atoms with van der Waals surface area (Å²) >= 11 is 6.87. The Labute approximate surface area is 197 Å². The number of fused-ring (bicyclic) bond motifs is 1. The summed E-state index contributed by atoms with van der Waals surface area (Å²) in [6.07, 6.45) is 9.89. The second-order valence-corrected chi connectivity index (χ2v) is 10.9. The van der Waals surface area contributed by atoms with Gasteiger partial charge in [-0.2, -0.15) is 0 Å². The van der Waals surface area contributed by atoms with Crippen LogP contribution in [0.4, 0.5) is 5.82 Å². The molecule has 3 fully saturated rings. The highest BCUT2D eigenvalue weighted by Crippen LogP contribution is 2.38. The predicted octanol–water partition coefficient (Wildman–Crippen LogP) is 4.38. The van der Waals surface area contributed by atoms with Crippen molar-refractivity contribution < 1.29 is 4.79 Å². The number of carbonyl (C=O) groups excluding carboxylic acids is 1. The molecule has 32 heavy (non-hydrogen) atoms. The van der Waals surface area contributed by atoms with Gasteiger partial charge < -0.3 is 4.90 Å². The Balaban J connectivity index is 1.62. The number of piperidine rings is 1. The highest BCUT2D eigenvalue weighted by Gasteiger charge is 2.38. The number of aryl methyl sites for hydroxylation is 1. The molecular formula is C24H28N4O2S2. The van der Waals surface area contributed by atoms with Crippen molar-refractivity contribution in [3.8, 4) is 0 Å². The largest absolute Gasteiger partial charge is 0.356 e. The van der Waals surface area contributed by atoms with Crippen molar-refractivity contribution in [3.63, 3.8) is 0 Å². The molecule has 2 saturated heterocycles. The van der Waals surface area contributed by atoms with E-state index in [1.165, 1.54) is 11.8 Å². The number of aromatic nitrogens is 2. The van der Waals surface area contributed by atoms with E-state index in [2.05, 4.69) is 11.8 Å². The summed E-state index contributed by atoms with van der Waals surface area (Å²) in [5.74, 6) is 1.28. The van der Waals surface area contributed by atoms with Gasteiger partial charge in [0, 0.05) is 25.3 Å². The lowest BCUT2D eigenvalue weighted by Gasteiger charge is -2.32. The Kier molecular flexibility index (Phi) is 5.84. The maximum Gasteiger partial charge on any atom is 0.267 e. The van der Waals surface area contributed by atoms with Gasteiger partial charge in [0.2, 0.25) is 0 Å². The molecule has 2 aliphatic heterocycles. The second kappa shape index (κ2) is 8.63. The fraction of sp³-hybridized carbons (Fsp3) is 0.500. The molecule has 1 amide bonds. The molecule has 0 unspecified atom stereocenters. The molecule has 0 aromatic carbocycles. The predicted molar refractivity (Wildman–Crippen MR) is 134 cm³/mol. The Morgan fingerprint density at radius 1 is 1.16 bits per heavy atom. The van der Waals surface area contributed by atoms with E-state index in [9.17, 15) is 9.59 Å². The van der Waals surface area contributed by atoms with E-state index >= 15 is 0 Å². The van der Waals surface area contributed by atoms with Crippen molar-refractivity contribution >= 4 is 51.7 Å². The van der Waals surface area contributed by atoms with E-state index in [0.29, 0.717) is 32.2 Å². The van der Waals surface area contributed by atoms with Crippen LogP contribution in [0.25, 0.3) is 11.7 Å². The summed E-state index contributed by atoms with van der Waals surface area (Å²) in [5.41, 5.74) is 1.96. The summed E-state index contributed by atoms with van der Waals surface area (Å²) in [7, 11) is 0. The zero-order valence-electron chi connectivity index (χ0n) is 18.5. The monoisotopic (exact) mass is 468 g/mol. The van der Waals surface area contributed by atoms with Crippen LogP contribution in [-0.2, 0) is 4.79 Å². The molecule has 0 radical (unpaired) electrons. The lowest BCUT2D eigenvalue weighted by atomic mass is 9.99. The molecule has 0 N–H and O–H groups in total. The van der Waals surface area contributed by atoms with Crippen LogP contribution in [0.5, 0.6) is 0 Å². The third kappa shape index (κ3) is 3.77. The van der Waals surface area contributed by atoms with E-state index in [4.69, 9.17) is 17.2 Å². The van der Waals surface area contributed by atoms with Gasteiger partial charge >= 0.3 is 0 Å². The van der Waals surface area contributed by atoms with Crippen molar-refractivity contribution in [1.82, 2.24) is 14.3 Å². The van der Waals surface area contributed by atoms with E-state index in [-0.39, 0.29) is 17.5 Å². The normalized spacial score (nSPS) is 22.1. The number of thioether (sulfide) groups is 1. The molecular weight excluding hydrogens is 440 g/mol. The van der Waals surface area contributed by atoms with Crippen LogP contribution in [0.1, 0.15) is 56.6 Å². The van der Waals surface area contributed by atoms with Gasteiger partial charge in [0.05, 0.1) is 10.5 Å². The lowest BCUT2D eigenvalue weighted by Crippen LogP contribution is -2.37. The number of thiocarbonyl (C=S) groups is 1. The first-order chi connectivity index (χ1) is 15.4. The molecule has 4 heterocycles. The standard InChI is InChI=1S/C24H28N4O2S2/c1-15-9-12-26(13-10-15)21-18(22(29)27-11-5-6-16(2)20(27)25-21)14-19-23(30)28(24(31)32-19)17-7-3-4-8-17/h5-6,11,14-15,17H,3-4,7-10,12-13H2,1-2H3/b19-14+. The maximum absolute atomic E-state index is 13.6. The molecule has 5 rings (SSSR count). The smallest absolute Gasteiger partial charge is 0.267 e. The van der Waals surface area contributed by atoms with Gasteiger partial charge in [0.1, 0.15) is 15.8 Å². The summed E-state index contributed by atoms with van der Waals surface area (Å²) in [6, 6.07) is 4.02. The maximum atomic E-state index is 13.6. The van der Waals surface area contributed by atoms with Crippen LogP contribution < -0.4 is 10.5 Å². The molecule has 1 saturated carbocycles. The van der Waals surface area contributed by atoms with Crippen LogP contribution >= 0.6 is 24.0 Å². The number of rotatable bonds is 3. The van der Waals surface area contributed by atoms with Gasteiger partial charge in [-0.05, 0) is 56.2 Å². The van der Waals surface area contributed by atoms with E-state index in [0.717, 1.165) is 57.2 Å². The van der Waals surface area contributed by atoms with E-state index < -0.39 is 0 Å². The number of nitrogens with zero attached hydrogens (tertiary/aromatic N) is 4. The fourth-order valence-corrected chi connectivity index (χ4v) is 6.36. The second-order valence-electron chi connectivity index (χ2n) is 9.20. The van der Waals surface area contributed by atoms with Crippen molar-refractivity contribution in [1.29, 1.82) is 0 Å². The Morgan fingerprint density at radius 3 is 2.59 bits per heavy atom. The first-order valence-electron chi connectivity index (χ1n) is 11.5. The van der Waals surface area contributed by atoms with Crippen molar-refractivity contribution in [2.45, 2.75) is 58.4 Å². The number of anilines is 1. The van der Waals surface area contributed by atoms with Gasteiger partial charge in [-0.3, -0.25) is 18.9 Å². The highest BCUT2D eigenvalue weighted by atomic mass is 32.2. The molecule has 2 aromatic heterocycles. The first kappa shape index (κ1) is 21.6. The van der Waals surface area contributed by atoms with Crippen LogP contribution in [0.15, 0.2) is 28.0 Å². The Bertz CT molecular complexity index is 1170. The van der Waals surface area contributed by atoms with Crippen LogP contribution in [0.3, 0.4) is 0 Å². The van der Waals surface area contributed by atoms with Crippen LogP contribution in [-0.4, -0.2) is 43.6 Å². The van der Waals surface area contributed by atoms with Gasteiger partial charge in [-0.25, -0.2) is 4.98 Å². The summed E-state index contributed by atoms with van der Waals surface area (Å²) < 4.78 is 2.20. The first-order valence-corrected chi connectivity index (χ1v) is 12.7. The average molecular weight is 469 g/mol. The van der Waals surface area contributed by atoms with Gasteiger partial charge in [-0.15, -0.1) is 0 Å². The lowest BCUT2D eigenvalue weighted by molar-refractivity contribution is -0.123.